The van der Waals surface area contributed by atoms with Crippen molar-refractivity contribution in [3.05, 3.63) is 17.7 Å². The molecule has 0 saturated carbocycles. The van der Waals surface area contributed by atoms with E-state index in [-0.39, 0.29) is 18.6 Å². The van der Waals surface area contributed by atoms with E-state index in [9.17, 15) is 171 Å². The zero-order valence-corrected chi connectivity index (χ0v) is 46.1. The second-order valence-electron chi connectivity index (χ2n) is 19.9. The van der Waals surface area contributed by atoms with E-state index >= 15 is 0 Å². The molecule has 0 bridgehead atoms. The van der Waals surface area contributed by atoms with E-state index in [1.807, 2.05) is 0 Å². The van der Waals surface area contributed by atoms with Crippen LogP contribution in [0.4, 0.5) is 171 Å². The Bertz CT molecular complexity index is 2290. The molecule has 44 heteroatoms. The highest BCUT2D eigenvalue weighted by Crippen LogP contribution is 2.64. The van der Waals surface area contributed by atoms with Crippen molar-refractivity contribution in [3.8, 4) is 17.2 Å². The number of alkyl halides is 39. The van der Waals surface area contributed by atoms with Crippen LogP contribution in [-0.4, -0.2) is 140 Å². The summed E-state index contributed by atoms with van der Waals surface area (Å²) in [6.45, 7) is -5.16. The summed E-state index contributed by atoms with van der Waals surface area (Å²) in [5, 5.41) is 0. The Balaban J connectivity index is 3.82. The summed E-state index contributed by atoms with van der Waals surface area (Å²) in [5.41, 5.74) is -0.382. The molecule has 0 aliphatic heterocycles. The first-order valence-electron chi connectivity index (χ1n) is 25.6. The Hall–Kier alpha value is -3.80. The Morgan fingerprint density at radius 2 is 0.484 bits per heavy atom. The van der Waals surface area contributed by atoms with Crippen LogP contribution >= 0.6 is 12.6 Å². The van der Waals surface area contributed by atoms with E-state index < -0.39 is 209 Å². The average Bonchev–Trinajstić information content (AvgIpc) is 0.729. The molecular formula is C47H49F39O4S. The van der Waals surface area contributed by atoms with Gasteiger partial charge in [0.15, 0.2) is 11.5 Å². The van der Waals surface area contributed by atoms with Crippen LogP contribution in [-0.2, 0) is 11.3 Å². The lowest BCUT2D eigenvalue weighted by Crippen LogP contribution is -2.70. The van der Waals surface area contributed by atoms with Gasteiger partial charge in [-0.15, -0.1) is 0 Å². The van der Waals surface area contributed by atoms with E-state index in [4.69, 9.17) is 18.9 Å². The molecule has 0 spiro atoms. The van der Waals surface area contributed by atoms with Crippen LogP contribution in [0.15, 0.2) is 12.1 Å². The van der Waals surface area contributed by atoms with Crippen LogP contribution in [0.3, 0.4) is 0 Å². The molecule has 1 rings (SSSR count). The van der Waals surface area contributed by atoms with Crippen LogP contribution in [0.5, 0.6) is 17.2 Å². The zero-order chi connectivity index (χ0) is 71.8. The number of rotatable bonds is 42. The van der Waals surface area contributed by atoms with Gasteiger partial charge in [-0.2, -0.15) is 184 Å². The first-order chi connectivity index (χ1) is 40.5. The molecule has 0 unspecified atom stereocenters. The topological polar surface area (TPSA) is 36.9 Å². The molecule has 1 aromatic carbocycles. The van der Waals surface area contributed by atoms with Gasteiger partial charge in [0, 0.05) is 25.9 Å². The van der Waals surface area contributed by atoms with Crippen molar-refractivity contribution in [3.63, 3.8) is 0 Å². The third-order valence-electron chi connectivity index (χ3n) is 13.0. The second kappa shape index (κ2) is 29.7. The number of hydrogen-bond acceptors (Lipinski definition) is 5. The zero-order valence-electron chi connectivity index (χ0n) is 45.2. The molecule has 4 nitrogen and oxygen atoms in total. The standard InChI is InChI=1S/C47H49F39O4S/c48-30(49,33(54,55)36(60,61)39(66,67)42(72,73)45(78,79)80)15-7-11-19-88-27-23-26(25-87-18-10-5-3-1-2-4-6-14-22-91)24-28(89-20-12-8-16-31(50,51)34(56,57)37(62,63)40(68,69)43(74,75)46(81,82)83)29(27)90-21-13-9-17-32(52,53)35(58,59)38(64,65)41(70,71)44(76,77)47(84,85)86/h23-24,91H,1-22,25H2. The number of ether oxygens (including phenoxy) is 4. The fourth-order valence-electron chi connectivity index (χ4n) is 7.40. The molecule has 0 aliphatic rings. The van der Waals surface area contributed by atoms with E-state index in [1.54, 1.807) is 0 Å². The van der Waals surface area contributed by atoms with Crippen molar-refractivity contribution in [2.75, 3.05) is 32.2 Å². The van der Waals surface area contributed by atoms with Gasteiger partial charge in [-0.05, 0) is 74.8 Å². The van der Waals surface area contributed by atoms with Gasteiger partial charge in [-0.1, -0.05) is 38.5 Å². The predicted octanol–water partition coefficient (Wildman–Crippen LogP) is 21.1. The minimum atomic E-state index is -8.33. The van der Waals surface area contributed by atoms with Gasteiger partial charge in [0.2, 0.25) is 5.75 Å². The molecule has 0 fully saturated rings. The van der Waals surface area contributed by atoms with E-state index in [0.29, 0.717) is 37.1 Å². The molecular weight excluding hydrogens is 1400 g/mol. The number of benzene rings is 1. The van der Waals surface area contributed by atoms with Gasteiger partial charge < -0.3 is 18.9 Å². The van der Waals surface area contributed by atoms with Crippen LogP contribution in [0.25, 0.3) is 0 Å². The lowest BCUT2D eigenvalue weighted by molar-refractivity contribution is -0.440. The van der Waals surface area contributed by atoms with Crippen molar-refractivity contribution in [2.45, 2.75) is 223 Å². The lowest BCUT2D eigenvalue weighted by atomic mass is 9.92. The monoisotopic (exact) mass is 1450 g/mol. The summed E-state index contributed by atoms with van der Waals surface area (Å²) in [6, 6.07) is 1.29. The summed E-state index contributed by atoms with van der Waals surface area (Å²) in [6.07, 6.45) is -36.0. The molecule has 0 amide bonds. The van der Waals surface area contributed by atoms with Crippen LogP contribution < -0.4 is 14.2 Å². The Morgan fingerprint density at radius 1 is 0.253 bits per heavy atom. The highest BCUT2D eigenvalue weighted by Gasteiger charge is 2.93. The number of unbranched alkanes of at least 4 members (excludes halogenated alkanes) is 10. The minimum Gasteiger partial charge on any atom is -0.490 e. The number of halogens is 39. The van der Waals surface area contributed by atoms with Crippen molar-refractivity contribution >= 4 is 12.6 Å². The Morgan fingerprint density at radius 3 is 0.747 bits per heavy atom. The molecule has 91 heavy (non-hydrogen) atoms. The van der Waals surface area contributed by atoms with Gasteiger partial charge in [-0.25, -0.2) is 0 Å². The van der Waals surface area contributed by atoms with Crippen molar-refractivity contribution in [1.29, 1.82) is 0 Å². The summed E-state index contributed by atoms with van der Waals surface area (Å²) in [5.74, 6) is -120. The molecule has 0 radical (unpaired) electrons. The van der Waals surface area contributed by atoms with Gasteiger partial charge in [0.25, 0.3) is 0 Å². The third kappa shape index (κ3) is 17.4. The van der Waals surface area contributed by atoms with E-state index in [1.165, 1.54) is 0 Å². The fraction of sp³-hybridized carbons (Fsp3) is 0.872. The third-order valence-corrected chi connectivity index (χ3v) is 13.3. The van der Waals surface area contributed by atoms with Gasteiger partial charge in [-0.3, -0.25) is 0 Å². The minimum absolute atomic E-state index is 0.197. The first-order valence-corrected chi connectivity index (χ1v) is 26.2. The average molecular weight is 1450 g/mol. The first kappa shape index (κ1) is 85.2. The maximum Gasteiger partial charge on any atom is 0.460 e. The van der Waals surface area contributed by atoms with Crippen LogP contribution in [0.2, 0.25) is 0 Å². The molecule has 540 valence electrons. The maximum atomic E-state index is 14.5. The Kier molecular flexibility index (Phi) is 27.8. The van der Waals surface area contributed by atoms with Gasteiger partial charge in [0.1, 0.15) is 0 Å². The van der Waals surface area contributed by atoms with Crippen LogP contribution in [0.1, 0.15) is 115 Å². The highest BCUT2D eigenvalue weighted by atomic mass is 32.1. The molecule has 0 atom stereocenters. The molecule has 0 heterocycles. The van der Waals surface area contributed by atoms with Crippen LogP contribution in [0, 0.1) is 0 Å². The molecule has 0 aromatic heterocycles. The van der Waals surface area contributed by atoms with Crippen molar-refractivity contribution in [2.24, 2.45) is 0 Å². The highest BCUT2D eigenvalue weighted by molar-refractivity contribution is 7.80. The summed E-state index contributed by atoms with van der Waals surface area (Å²) < 4.78 is 553. The van der Waals surface area contributed by atoms with E-state index in [2.05, 4.69) is 12.6 Å². The van der Waals surface area contributed by atoms with E-state index in [0.717, 1.165) is 25.7 Å². The lowest BCUT2D eigenvalue weighted by Gasteiger charge is -2.39. The van der Waals surface area contributed by atoms with Crippen molar-refractivity contribution in [1.82, 2.24) is 0 Å². The van der Waals surface area contributed by atoms with Gasteiger partial charge >= 0.3 is 107 Å². The smallest absolute Gasteiger partial charge is 0.460 e. The predicted molar refractivity (Wildman–Crippen MR) is 237 cm³/mol. The summed E-state index contributed by atoms with van der Waals surface area (Å²) in [7, 11) is 0. The quantitative estimate of drug-likeness (QED) is 0.0402. The Labute approximate surface area is 492 Å². The second-order valence-corrected chi connectivity index (χ2v) is 20.4. The fourth-order valence-corrected chi connectivity index (χ4v) is 7.62. The largest absolute Gasteiger partial charge is 0.490 e. The maximum absolute atomic E-state index is 14.5. The van der Waals surface area contributed by atoms with Gasteiger partial charge in [0.05, 0.1) is 26.4 Å². The molecule has 0 N–H and O–H groups in total. The number of hydrogen-bond donors (Lipinski definition) is 1. The van der Waals surface area contributed by atoms with Crippen molar-refractivity contribution < 1.29 is 190 Å². The normalized spacial score (nSPS) is 15.2. The molecule has 1 aromatic rings. The summed E-state index contributed by atoms with van der Waals surface area (Å²) in [4.78, 5) is 0. The number of thiol groups is 1. The molecule has 0 aliphatic carbocycles. The SMILES string of the molecule is FC(F)(F)C(F)(F)C(F)(F)C(F)(F)C(F)(F)C(F)(F)CCCCOc1cc(COCCCCCCCCCCS)cc(OCCCCC(F)(F)C(F)(F)C(F)(F)C(F)(F)C(F)(F)C(F)(F)F)c1OCCCCC(F)(F)C(F)(F)C(F)(F)C(F)(F)C(F)(F)C(F)(F)F. The summed E-state index contributed by atoms with van der Waals surface area (Å²) >= 11 is 4.06. The molecule has 0 saturated heterocycles.